The fourth-order valence-corrected chi connectivity index (χ4v) is 3.01. The van der Waals surface area contributed by atoms with E-state index < -0.39 is 30.7 Å². The van der Waals surface area contributed by atoms with Crippen LogP contribution in [0.25, 0.3) is 0 Å². The fourth-order valence-electron chi connectivity index (χ4n) is 3.01. The minimum Gasteiger partial charge on any atom is -0.482 e. The summed E-state index contributed by atoms with van der Waals surface area (Å²) in [4.78, 5) is 23.6. The van der Waals surface area contributed by atoms with Crippen molar-refractivity contribution in [1.29, 1.82) is 0 Å². The minimum absolute atomic E-state index is 0.0336. The number of nitrogens with one attached hydrogen (secondary N) is 3. The third kappa shape index (κ3) is 5.26. The van der Waals surface area contributed by atoms with Gasteiger partial charge in [-0.25, -0.2) is 0 Å². The van der Waals surface area contributed by atoms with Gasteiger partial charge in [0.1, 0.15) is 11.8 Å². The summed E-state index contributed by atoms with van der Waals surface area (Å²) in [5.41, 5.74) is 1.20. The molecule has 6 nitrogen and oxygen atoms in total. The summed E-state index contributed by atoms with van der Waals surface area (Å²) >= 11 is 0. The highest BCUT2D eigenvalue weighted by atomic mass is 19.4. The van der Waals surface area contributed by atoms with Crippen molar-refractivity contribution in [2.75, 3.05) is 18.5 Å². The molecule has 3 rings (SSSR count). The molecule has 0 saturated heterocycles. The number of benzene rings is 2. The Morgan fingerprint density at radius 2 is 1.90 bits per heavy atom. The molecule has 3 N–H and O–H groups in total. The number of hydrogen-bond donors (Lipinski definition) is 3. The van der Waals surface area contributed by atoms with Crippen LogP contribution in [0.2, 0.25) is 0 Å². The average molecular weight is 407 g/mol. The molecule has 2 aromatic carbocycles. The van der Waals surface area contributed by atoms with E-state index in [1.807, 2.05) is 0 Å². The van der Waals surface area contributed by atoms with Crippen molar-refractivity contribution in [1.82, 2.24) is 10.6 Å². The molecule has 1 aliphatic rings. The van der Waals surface area contributed by atoms with Gasteiger partial charge in [0.25, 0.3) is 5.91 Å². The van der Waals surface area contributed by atoms with Gasteiger partial charge in [-0.3, -0.25) is 14.9 Å². The first-order valence-corrected chi connectivity index (χ1v) is 8.95. The molecule has 0 fully saturated rings. The van der Waals surface area contributed by atoms with Crippen LogP contribution < -0.4 is 20.7 Å². The quantitative estimate of drug-likeness (QED) is 0.688. The Hall–Kier alpha value is -3.07. The van der Waals surface area contributed by atoms with E-state index >= 15 is 0 Å². The maximum Gasteiger partial charge on any atom is 0.407 e. The summed E-state index contributed by atoms with van der Waals surface area (Å²) < 4.78 is 45.3. The lowest BCUT2D eigenvalue weighted by atomic mass is 10.1. The number of rotatable bonds is 6. The molecule has 0 radical (unpaired) electrons. The summed E-state index contributed by atoms with van der Waals surface area (Å²) in [5, 5.41) is 7.59. The lowest BCUT2D eigenvalue weighted by Gasteiger charge is -2.23. The molecule has 0 aromatic heterocycles. The summed E-state index contributed by atoms with van der Waals surface area (Å²) in [7, 11) is 0. The Labute approximate surface area is 165 Å². The van der Waals surface area contributed by atoms with Crippen LogP contribution in [-0.2, 0) is 9.59 Å². The number of anilines is 1. The minimum atomic E-state index is -4.54. The Morgan fingerprint density at radius 1 is 1.17 bits per heavy atom. The van der Waals surface area contributed by atoms with Crippen LogP contribution in [0.5, 0.6) is 5.75 Å². The Balaban J connectivity index is 1.61. The number of ether oxygens (including phenoxy) is 1. The molecule has 9 heteroatoms. The first kappa shape index (κ1) is 20.7. The van der Waals surface area contributed by atoms with E-state index in [1.54, 1.807) is 31.2 Å². The topological polar surface area (TPSA) is 79.5 Å². The molecule has 1 aliphatic heterocycles. The molecule has 154 valence electrons. The molecule has 2 unspecified atom stereocenters. The third-order valence-electron chi connectivity index (χ3n) is 4.44. The maximum atomic E-state index is 13.3. The van der Waals surface area contributed by atoms with Crippen molar-refractivity contribution in [3.63, 3.8) is 0 Å². The molecule has 0 aliphatic carbocycles. The van der Waals surface area contributed by atoms with E-state index in [9.17, 15) is 22.8 Å². The molecule has 29 heavy (non-hydrogen) atoms. The van der Waals surface area contributed by atoms with Crippen molar-refractivity contribution < 1.29 is 27.5 Å². The number of carbonyl (C=O) groups is 2. The van der Waals surface area contributed by atoms with Crippen molar-refractivity contribution in [3.8, 4) is 5.75 Å². The SMILES string of the molecule is CC(NC(=O)CNC(c1ccccc1)C(F)(F)F)c1ccc2c(c1)NC(=O)CO2. The van der Waals surface area contributed by atoms with Gasteiger partial charge in [-0.2, -0.15) is 13.2 Å². The van der Waals surface area contributed by atoms with E-state index in [0.29, 0.717) is 17.0 Å². The number of alkyl halides is 3. The number of hydrogen-bond acceptors (Lipinski definition) is 4. The Morgan fingerprint density at radius 3 is 2.59 bits per heavy atom. The summed E-state index contributed by atoms with van der Waals surface area (Å²) in [6.07, 6.45) is -4.54. The van der Waals surface area contributed by atoms with Gasteiger partial charge in [0.15, 0.2) is 6.61 Å². The van der Waals surface area contributed by atoms with Crippen molar-refractivity contribution in [3.05, 3.63) is 59.7 Å². The molecule has 0 spiro atoms. The van der Waals surface area contributed by atoms with Crippen LogP contribution in [0.15, 0.2) is 48.5 Å². The summed E-state index contributed by atoms with van der Waals surface area (Å²) in [6, 6.07) is 9.98. The van der Waals surface area contributed by atoms with Gasteiger partial charge >= 0.3 is 6.18 Å². The molecule has 2 amide bonds. The normalized spacial score (nSPS) is 15.5. The second-order valence-electron chi connectivity index (χ2n) is 6.65. The van der Waals surface area contributed by atoms with Crippen molar-refractivity contribution in [2.45, 2.75) is 25.2 Å². The molecular weight excluding hydrogens is 387 g/mol. The zero-order chi connectivity index (χ0) is 21.0. The van der Waals surface area contributed by atoms with Crippen molar-refractivity contribution >= 4 is 17.5 Å². The van der Waals surface area contributed by atoms with E-state index in [2.05, 4.69) is 16.0 Å². The van der Waals surface area contributed by atoms with Gasteiger partial charge in [0.05, 0.1) is 18.3 Å². The van der Waals surface area contributed by atoms with E-state index in [1.165, 1.54) is 24.3 Å². The second-order valence-corrected chi connectivity index (χ2v) is 6.65. The summed E-state index contributed by atoms with van der Waals surface area (Å²) in [5.74, 6) is -0.347. The predicted octanol–water partition coefficient (Wildman–Crippen LogP) is 3.09. The van der Waals surface area contributed by atoms with E-state index in [-0.39, 0.29) is 18.1 Å². The highest BCUT2D eigenvalue weighted by molar-refractivity contribution is 5.95. The van der Waals surface area contributed by atoms with Gasteiger partial charge in [-0.1, -0.05) is 36.4 Å². The predicted molar refractivity (Wildman–Crippen MR) is 100 cm³/mol. The number of halogens is 3. The molecular formula is C20H20F3N3O3. The van der Waals surface area contributed by atoms with E-state index in [0.717, 1.165) is 0 Å². The lowest BCUT2D eigenvalue weighted by Crippen LogP contribution is -2.41. The first-order chi connectivity index (χ1) is 13.7. The highest BCUT2D eigenvalue weighted by Crippen LogP contribution is 2.32. The fraction of sp³-hybridized carbons (Fsp3) is 0.300. The van der Waals surface area contributed by atoms with Crippen LogP contribution >= 0.6 is 0 Å². The largest absolute Gasteiger partial charge is 0.482 e. The standard InChI is InChI=1S/C20H20F3N3O3/c1-12(14-7-8-16-15(9-14)26-18(28)11-29-16)25-17(27)10-24-19(20(21,22)23)13-5-3-2-4-6-13/h2-9,12,19,24H,10-11H2,1H3,(H,25,27)(H,26,28). The molecule has 0 saturated carbocycles. The average Bonchev–Trinajstić information content (AvgIpc) is 2.67. The zero-order valence-corrected chi connectivity index (χ0v) is 15.5. The second kappa shape index (κ2) is 8.52. The highest BCUT2D eigenvalue weighted by Gasteiger charge is 2.40. The van der Waals surface area contributed by atoms with Crippen LogP contribution in [0.4, 0.5) is 18.9 Å². The number of carbonyl (C=O) groups excluding carboxylic acids is 2. The van der Waals surface area contributed by atoms with Crippen LogP contribution in [0.1, 0.15) is 30.1 Å². The van der Waals surface area contributed by atoms with Crippen LogP contribution in [0.3, 0.4) is 0 Å². The van der Waals surface area contributed by atoms with Gasteiger partial charge in [0, 0.05) is 0 Å². The monoisotopic (exact) mass is 407 g/mol. The van der Waals surface area contributed by atoms with Gasteiger partial charge in [0.2, 0.25) is 5.91 Å². The van der Waals surface area contributed by atoms with Crippen LogP contribution in [-0.4, -0.2) is 31.1 Å². The number of fused-ring (bicyclic) bond motifs is 1. The molecule has 2 atom stereocenters. The Kier molecular flexibility index (Phi) is 6.07. The molecule has 2 aromatic rings. The Bertz CT molecular complexity index is 888. The van der Waals surface area contributed by atoms with Gasteiger partial charge < -0.3 is 15.4 Å². The first-order valence-electron chi connectivity index (χ1n) is 8.95. The van der Waals surface area contributed by atoms with Crippen LogP contribution in [0, 0.1) is 0 Å². The zero-order valence-electron chi connectivity index (χ0n) is 15.5. The lowest BCUT2D eigenvalue weighted by molar-refractivity contribution is -0.158. The number of amides is 2. The van der Waals surface area contributed by atoms with Gasteiger partial charge in [-0.05, 0) is 30.2 Å². The third-order valence-corrected chi connectivity index (χ3v) is 4.44. The van der Waals surface area contributed by atoms with Crippen molar-refractivity contribution in [2.24, 2.45) is 0 Å². The molecule has 1 heterocycles. The van der Waals surface area contributed by atoms with Gasteiger partial charge in [-0.15, -0.1) is 0 Å². The van der Waals surface area contributed by atoms with E-state index in [4.69, 9.17) is 4.74 Å². The maximum absolute atomic E-state index is 13.3. The molecule has 0 bridgehead atoms. The summed E-state index contributed by atoms with van der Waals surface area (Å²) in [6.45, 7) is 1.13. The smallest absolute Gasteiger partial charge is 0.407 e.